The van der Waals surface area contributed by atoms with Crippen molar-refractivity contribution in [1.29, 1.82) is 0 Å². The predicted octanol–water partition coefficient (Wildman–Crippen LogP) is 1.98. The standard InChI is InChI=1S/C14H20N2O2S/c1-11-9-16(7-6-15(11)2)10-13-12(5-8-19-13)3-4-14(17)18/h3-5,8,11H,6-7,9-10H2,1-2H3,(H,17,18). The lowest BCUT2D eigenvalue weighted by atomic mass is 10.2. The van der Waals surface area contributed by atoms with E-state index < -0.39 is 5.97 Å². The zero-order chi connectivity index (χ0) is 13.8. The summed E-state index contributed by atoms with van der Waals surface area (Å²) in [6.07, 6.45) is 2.89. The van der Waals surface area contributed by atoms with Gasteiger partial charge in [0.1, 0.15) is 0 Å². The van der Waals surface area contributed by atoms with Gasteiger partial charge in [-0.05, 0) is 37.1 Å². The molecule has 1 aliphatic rings. The zero-order valence-corrected chi connectivity index (χ0v) is 12.2. The van der Waals surface area contributed by atoms with Crippen LogP contribution in [0.2, 0.25) is 0 Å². The summed E-state index contributed by atoms with van der Waals surface area (Å²) in [5.41, 5.74) is 1.03. The van der Waals surface area contributed by atoms with Crippen LogP contribution >= 0.6 is 11.3 Å². The van der Waals surface area contributed by atoms with Crippen molar-refractivity contribution in [2.45, 2.75) is 19.5 Å². The average Bonchev–Trinajstić information content (AvgIpc) is 2.79. The molecule has 1 aliphatic heterocycles. The molecule has 1 atom stereocenters. The van der Waals surface area contributed by atoms with E-state index in [4.69, 9.17) is 5.11 Å². The fourth-order valence-electron chi connectivity index (χ4n) is 2.26. The van der Waals surface area contributed by atoms with Gasteiger partial charge in [0.25, 0.3) is 0 Å². The van der Waals surface area contributed by atoms with Crippen LogP contribution in [0.5, 0.6) is 0 Å². The van der Waals surface area contributed by atoms with Gasteiger partial charge in [-0.1, -0.05) is 0 Å². The second-order valence-corrected chi connectivity index (χ2v) is 6.04. The van der Waals surface area contributed by atoms with E-state index in [1.807, 2.05) is 11.4 Å². The molecular formula is C14H20N2O2S. The van der Waals surface area contributed by atoms with E-state index in [2.05, 4.69) is 23.8 Å². The maximum Gasteiger partial charge on any atom is 0.328 e. The van der Waals surface area contributed by atoms with Crippen molar-refractivity contribution >= 4 is 23.4 Å². The molecule has 1 fully saturated rings. The molecule has 5 heteroatoms. The molecule has 104 valence electrons. The summed E-state index contributed by atoms with van der Waals surface area (Å²) in [7, 11) is 2.16. The molecule has 2 rings (SSSR count). The number of carbonyl (C=O) groups is 1. The van der Waals surface area contributed by atoms with E-state index in [-0.39, 0.29) is 0 Å². The first-order chi connectivity index (χ1) is 9.06. The normalized spacial score (nSPS) is 22.1. The summed E-state index contributed by atoms with van der Waals surface area (Å²) >= 11 is 1.70. The van der Waals surface area contributed by atoms with E-state index in [1.165, 1.54) is 11.0 Å². The summed E-state index contributed by atoms with van der Waals surface area (Å²) in [6.45, 7) is 6.38. The lowest BCUT2D eigenvalue weighted by molar-refractivity contribution is -0.131. The Balaban J connectivity index is 2.00. The molecule has 0 saturated carbocycles. The molecule has 2 heterocycles. The highest BCUT2D eigenvalue weighted by molar-refractivity contribution is 7.10. The van der Waals surface area contributed by atoms with Gasteiger partial charge >= 0.3 is 5.97 Å². The minimum absolute atomic E-state index is 0.576. The van der Waals surface area contributed by atoms with Crippen LogP contribution in [0.4, 0.5) is 0 Å². The van der Waals surface area contributed by atoms with Crippen molar-refractivity contribution in [1.82, 2.24) is 9.80 Å². The molecule has 1 aromatic rings. The fourth-order valence-corrected chi connectivity index (χ4v) is 3.17. The molecule has 0 bridgehead atoms. The van der Waals surface area contributed by atoms with Crippen LogP contribution in [-0.4, -0.2) is 53.6 Å². The van der Waals surface area contributed by atoms with E-state index in [1.54, 1.807) is 17.4 Å². The first-order valence-corrected chi connectivity index (χ1v) is 7.34. The van der Waals surface area contributed by atoms with E-state index in [9.17, 15) is 4.79 Å². The topological polar surface area (TPSA) is 43.8 Å². The second kappa shape index (κ2) is 6.32. The number of nitrogens with zero attached hydrogens (tertiary/aromatic N) is 2. The third kappa shape index (κ3) is 3.89. The Morgan fingerprint density at radius 1 is 1.58 bits per heavy atom. The van der Waals surface area contributed by atoms with Gasteiger partial charge < -0.3 is 10.0 Å². The number of hydrogen-bond acceptors (Lipinski definition) is 4. The van der Waals surface area contributed by atoms with Gasteiger partial charge in [0.05, 0.1) is 0 Å². The highest BCUT2D eigenvalue weighted by atomic mass is 32.1. The largest absolute Gasteiger partial charge is 0.478 e. The van der Waals surface area contributed by atoms with Crippen LogP contribution in [0, 0.1) is 0 Å². The number of carboxylic acid groups (broad SMARTS) is 1. The van der Waals surface area contributed by atoms with Gasteiger partial charge in [0.2, 0.25) is 0 Å². The van der Waals surface area contributed by atoms with Crippen molar-refractivity contribution < 1.29 is 9.90 Å². The number of hydrogen-bond donors (Lipinski definition) is 1. The maximum absolute atomic E-state index is 10.6. The molecule has 19 heavy (non-hydrogen) atoms. The average molecular weight is 280 g/mol. The Hall–Kier alpha value is -1.17. The van der Waals surface area contributed by atoms with E-state index >= 15 is 0 Å². The van der Waals surface area contributed by atoms with Crippen molar-refractivity contribution in [3.63, 3.8) is 0 Å². The first-order valence-electron chi connectivity index (χ1n) is 6.46. The number of piperazine rings is 1. The highest BCUT2D eigenvalue weighted by Gasteiger charge is 2.21. The molecule has 0 aromatic carbocycles. The van der Waals surface area contributed by atoms with E-state index in [0.29, 0.717) is 6.04 Å². The lowest BCUT2D eigenvalue weighted by Gasteiger charge is -2.37. The molecule has 1 N–H and O–H groups in total. The number of likely N-dealkylation sites (N-methyl/N-ethyl adjacent to an activating group) is 1. The highest BCUT2D eigenvalue weighted by Crippen LogP contribution is 2.21. The van der Waals surface area contributed by atoms with Crippen LogP contribution < -0.4 is 0 Å². The Labute approximate surface area is 118 Å². The van der Waals surface area contributed by atoms with Crippen LogP contribution in [-0.2, 0) is 11.3 Å². The molecule has 0 radical (unpaired) electrons. The molecule has 1 saturated heterocycles. The molecule has 1 aromatic heterocycles. The van der Waals surface area contributed by atoms with Crippen molar-refractivity contribution in [2.24, 2.45) is 0 Å². The molecular weight excluding hydrogens is 260 g/mol. The minimum Gasteiger partial charge on any atom is -0.478 e. The van der Waals surface area contributed by atoms with Crippen LogP contribution in [0.1, 0.15) is 17.4 Å². The summed E-state index contributed by atoms with van der Waals surface area (Å²) < 4.78 is 0. The van der Waals surface area contributed by atoms with Crippen LogP contribution in [0.15, 0.2) is 17.5 Å². The second-order valence-electron chi connectivity index (χ2n) is 5.04. The quantitative estimate of drug-likeness (QED) is 0.857. The Kier molecular flexibility index (Phi) is 4.74. The van der Waals surface area contributed by atoms with Crippen LogP contribution in [0.25, 0.3) is 6.08 Å². The predicted molar refractivity (Wildman–Crippen MR) is 78.4 cm³/mol. The molecule has 0 amide bonds. The van der Waals surface area contributed by atoms with Crippen LogP contribution in [0.3, 0.4) is 0 Å². The van der Waals surface area contributed by atoms with Crippen molar-refractivity contribution in [3.05, 3.63) is 28.0 Å². The summed E-state index contributed by atoms with van der Waals surface area (Å²) in [6, 6.07) is 2.56. The number of carboxylic acids is 1. The monoisotopic (exact) mass is 280 g/mol. The molecule has 0 aliphatic carbocycles. The van der Waals surface area contributed by atoms with Gasteiger partial charge in [-0.25, -0.2) is 4.79 Å². The van der Waals surface area contributed by atoms with Gasteiger partial charge in [0, 0.05) is 43.2 Å². The lowest BCUT2D eigenvalue weighted by Crippen LogP contribution is -2.49. The Morgan fingerprint density at radius 2 is 2.37 bits per heavy atom. The number of thiophene rings is 1. The van der Waals surface area contributed by atoms with Gasteiger partial charge in [-0.15, -0.1) is 11.3 Å². The maximum atomic E-state index is 10.6. The van der Waals surface area contributed by atoms with Crippen molar-refractivity contribution in [2.75, 3.05) is 26.7 Å². The smallest absolute Gasteiger partial charge is 0.328 e. The zero-order valence-electron chi connectivity index (χ0n) is 11.4. The first kappa shape index (κ1) is 14.2. The molecule has 4 nitrogen and oxygen atoms in total. The SMILES string of the molecule is CC1CN(Cc2sccc2C=CC(=O)O)CCN1C. The Bertz CT molecular complexity index is 470. The molecule has 1 unspecified atom stereocenters. The minimum atomic E-state index is -0.898. The molecule has 0 spiro atoms. The summed E-state index contributed by atoms with van der Waals surface area (Å²) in [4.78, 5) is 16.6. The number of rotatable bonds is 4. The van der Waals surface area contributed by atoms with Gasteiger partial charge in [0.15, 0.2) is 0 Å². The van der Waals surface area contributed by atoms with E-state index in [0.717, 1.165) is 31.7 Å². The summed E-state index contributed by atoms with van der Waals surface area (Å²) in [5.74, 6) is -0.898. The summed E-state index contributed by atoms with van der Waals surface area (Å²) in [5, 5.41) is 10.7. The number of aliphatic carboxylic acids is 1. The third-order valence-corrected chi connectivity index (χ3v) is 4.52. The van der Waals surface area contributed by atoms with Gasteiger partial charge in [-0.3, -0.25) is 4.90 Å². The van der Waals surface area contributed by atoms with Crippen molar-refractivity contribution in [3.8, 4) is 0 Å². The Morgan fingerprint density at radius 3 is 3.05 bits per heavy atom. The van der Waals surface area contributed by atoms with Gasteiger partial charge in [-0.2, -0.15) is 0 Å². The fraction of sp³-hybridized carbons (Fsp3) is 0.500. The third-order valence-electron chi connectivity index (χ3n) is 3.60.